The molecule has 0 saturated heterocycles. The standard InChI is InChI=1S/C18H28N2/c1-3-5-9-14-19-16-13-17-11-7-8-12-18(17)20(19)15-10-6-4-2/h7-8,11-13,16H,3-6,9-10,14-15H2,1-2H3. The predicted octanol–water partition coefficient (Wildman–Crippen LogP) is 5.07. The largest absolute Gasteiger partial charge is 0.293 e. The SMILES string of the molecule is CCCCCN1C=Cc2ccccc2N1CCCCC. The van der Waals surface area contributed by atoms with E-state index in [-0.39, 0.29) is 0 Å². The summed E-state index contributed by atoms with van der Waals surface area (Å²) in [7, 11) is 0. The van der Waals surface area contributed by atoms with E-state index in [1.165, 1.54) is 49.8 Å². The van der Waals surface area contributed by atoms with Gasteiger partial charge < -0.3 is 0 Å². The average molecular weight is 272 g/mol. The minimum atomic E-state index is 1.13. The minimum absolute atomic E-state index is 1.13. The van der Waals surface area contributed by atoms with Crippen molar-refractivity contribution in [3.05, 3.63) is 36.0 Å². The summed E-state index contributed by atoms with van der Waals surface area (Å²) in [5.74, 6) is 0. The van der Waals surface area contributed by atoms with Gasteiger partial charge in [0, 0.05) is 24.9 Å². The number of anilines is 1. The Labute approximate surface area is 124 Å². The van der Waals surface area contributed by atoms with Crippen molar-refractivity contribution in [1.82, 2.24) is 5.01 Å². The Balaban J connectivity index is 2.07. The zero-order valence-corrected chi connectivity index (χ0v) is 13.0. The fraction of sp³-hybridized carbons (Fsp3) is 0.556. The minimum Gasteiger partial charge on any atom is -0.293 e. The lowest BCUT2D eigenvalue weighted by Crippen LogP contribution is -2.42. The van der Waals surface area contributed by atoms with Crippen LogP contribution in [0.1, 0.15) is 57.9 Å². The van der Waals surface area contributed by atoms with Gasteiger partial charge in [0.05, 0.1) is 5.69 Å². The smallest absolute Gasteiger partial charge is 0.0646 e. The number of unbranched alkanes of at least 4 members (excludes halogenated alkanes) is 4. The van der Waals surface area contributed by atoms with Crippen molar-refractivity contribution in [2.45, 2.75) is 52.4 Å². The molecule has 1 aromatic rings. The monoisotopic (exact) mass is 272 g/mol. The first-order valence-electron chi connectivity index (χ1n) is 8.18. The molecule has 0 N–H and O–H groups in total. The molecular formula is C18H28N2. The number of benzene rings is 1. The van der Waals surface area contributed by atoms with Crippen LogP contribution >= 0.6 is 0 Å². The fourth-order valence-electron chi connectivity index (χ4n) is 2.73. The van der Waals surface area contributed by atoms with E-state index in [4.69, 9.17) is 0 Å². The van der Waals surface area contributed by atoms with E-state index < -0.39 is 0 Å². The summed E-state index contributed by atoms with van der Waals surface area (Å²) in [6.07, 6.45) is 12.2. The molecule has 110 valence electrons. The number of hydrogen-bond donors (Lipinski definition) is 0. The van der Waals surface area contributed by atoms with Crippen LogP contribution in [0, 0.1) is 0 Å². The molecule has 2 rings (SSSR count). The Morgan fingerprint density at radius 2 is 1.55 bits per heavy atom. The van der Waals surface area contributed by atoms with Gasteiger partial charge in [-0.05, 0) is 25.0 Å². The molecule has 0 saturated carbocycles. The van der Waals surface area contributed by atoms with Gasteiger partial charge >= 0.3 is 0 Å². The van der Waals surface area contributed by atoms with E-state index in [0.29, 0.717) is 0 Å². The van der Waals surface area contributed by atoms with Crippen molar-refractivity contribution in [2.24, 2.45) is 0 Å². The number of para-hydroxylation sites is 1. The third-order valence-electron chi connectivity index (χ3n) is 3.92. The molecule has 0 radical (unpaired) electrons. The predicted molar refractivity (Wildman–Crippen MR) is 88.6 cm³/mol. The maximum Gasteiger partial charge on any atom is 0.0646 e. The normalized spacial score (nSPS) is 13.7. The topological polar surface area (TPSA) is 6.48 Å². The molecular weight excluding hydrogens is 244 g/mol. The highest BCUT2D eigenvalue weighted by atomic mass is 15.6. The van der Waals surface area contributed by atoms with E-state index in [0.717, 1.165) is 13.1 Å². The summed E-state index contributed by atoms with van der Waals surface area (Å²) in [5.41, 5.74) is 2.71. The Bertz CT molecular complexity index is 425. The van der Waals surface area contributed by atoms with Crippen molar-refractivity contribution in [2.75, 3.05) is 18.1 Å². The van der Waals surface area contributed by atoms with Gasteiger partial charge in [0.15, 0.2) is 0 Å². The Morgan fingerprint density at radius 1 is 0.850 bits per heavy atom. The zero-order chi connectivity index (χ0) is 14.2. The summed E-state index contributed by atoms with van der Waals surface area (Å²) in [5, 5.41) is 4.88. The maximum absolute atomic E-state index is 2.47. The van der Waals surface area contributed by atoms with Crippen LogP contribution in [-0.4, -0.2) is 18.1 Å². The second-order valence-electron chi connectivity index (χ2n) is 5.57. The molecule has 2 heteroatoms. The molecule has 0 aliphatic carbocycles. The molecule has 1 heterocycles. The first-order chi connectivity index (χ1) is 9.86. The molecule has 0 unspecified atom stereocenters. The molecule has 2 nitrogen and oxygen atoms in total. The summed E-state index contributed by atoms with van der Waals surface area (Å²) >= 11 is 0. The van der Waals surface area contributed by atoms with Gasteiger partial charge in [-0.3, -0.25) is 10.0 Å². The molecule has 1 aliphatic rings. The van der Waals surface area contributed by atoms with Gasteiger partial charge in [-0.2, -0.15) is 0 Å². The molecule has 0 atom stereocenters. The molecule has 1 aromatic carbocycles. The number of nitrogens with zero attached hydrogens (tertiary/aromatic N) is 2. The third-order valence-corrected chi connectivity index (χ3v) is 3.92. The molecule has 0 aromatic heterocycles. The first-order valence-corrected chi connectivity index (χ1v) is 8.18. The number of hydrazine groups is 1. The van der Waals surface area contributed by atoms with Crippen LogP contribution < -0.4 is 5.01 Å². The van der Waals surface area contributed by atoms with Crippen LogP contribution in [0.3, 0.4) is 0 Å². The van der Waals surface area contributed by atoms with Crippen molar-refractivity contribution in [3.63, 3.8) is 0 Å². The van der Waals surface area contributed by atoms with E-state index in [9.17, 15) is 0 Å². The van der Waals surface area contributed by atoms with E-state index in [2.05, 4.69) is 60.4 Å². The number of hydrogen-bond acceptors (Lipinski definition) is 2. The van der Waals surface area contributed by atoms with Crippen LogP contribution in [0.15, 0.2) is 30.5 Å². The lowest BCUT2D eigenvalue weighted by molar-refractivity contribution is 0.328. The Morgan fingerprint density at radius 3 is 2.30 bits per heavy atom. The molecule has 20 heavy (non-hydrogen) atoms. The van der Waals surface area contributed by atoms with Crippen molar-refractivity contribution < 1.29 is 0 Å². The Hall–Kier alpha value is -1.44. The van der Waals surface area contributed by atoms with Crippen molar-refractivity contribution >= 4 is 11.8 Å². The van der Waals surface area contributed by atoms with Gasteiger partial charge in [0.25, 0.3) is 0 Å². The number of rotatable bonds is 8. The number of fused-ring (bicyclic) bond motifs is 1. The van der Waals surface area contributed by atoms with Gasteiger partial charge in [-0.1, -0.05) is 57.7 Å². The van der Waals surface area contributed by atoms with Crippen molar-refractivity contribution in [3.8, 4) is 0 Å². The first kappa shape index (κ1) is 15.0. The van der Waals surface area contributed by atoms with Crippen LogP contribution in [0.5, 0.6) is 0 Å². The van der Waals surface area contributed by atoms with Gasteiger partial charge in [0.1, 0.15) is 0 Å². The molecule has 0 fully saturated rings. The summed E-state index contributed by atoms with van der Waals surface area (Å²) in [6, 6.07) is 8.73. The molecule has 1 aliphatic heterocycles. The molecule has 0 spiro atoms. The average Bonchev–Trinajstić information content (AvgIpc) is 2.49. The second-order valence-corrected chi connectivity index (χ2v) is 5.57. The fourth-order valence-corrected chi connectivity index (χ4v) is 2.73. The van der Waals surface area contributed by atoms with Gasteiger partial charge in [0.2, 0.25) is 0 Å². The van der Waals surface area contributed by atoms with Crippen LogP contribution in [-0.2, 0) is 0 Å². The summed E-state index contributed by atoms with van der Waals surface area (Å²) in [6.45, 7) is 6.79. The summed E-state index contributed by atoms with van der Waals surface area (Å²) in [4.78, 5) is 0. The zero-order valence-electron chi connectivity index (χ0n) is 13.0. The lowest BCUT2D eigenvalue weighted by atomic mass is 10.1. The maximum atomic E-state index is 2.47. The second kappa shape index (κ2) is 7.98. The van der Waals surface area contributed by atoms with E-state index in [1.807, 2.05) is 0 Å². The molecule has 0 amide bonds. The van der Waals surface area contributed by atoms with Crippen LogP contribution in [0.2, 0.25) is 0 Å². The molecule has 0 bridgehead atoms. The highest BCUT2D eigenvalue weighted by Crippen LogP contribution is 2.28. The third kappa shape index (κ3) is 3.78. The van der Waals surface area contributed by atoms with Crippen LogP contribution in [0.25, 0.3) is 6.08 Å². The van der Waals surface area contributed by atoms with E-state index >= 15 is 0 Å². The Kier molecular flexibility index (Phi) is 5.97. The lowest BCUT2D eigenvalue weighted by Gasteiger charge is -2.39. The highest BCUT2D eigenvalue weighted by Gasteiger charge is 2.18. The van der Waals surface area contributed by atoms with Crippen molar-refractivity contribution in [1.29, 1.82) is 0 Å². The summed E-state index contributed by atoms with van der Waals surface area (Å²) < 4.78 is 0. The highest BCUT2D eigenvalue weighted by molar-refractivity contribution is 5.69. The van der Waals surface area contributed by atoms with E-state index in [1.54, 1.807) is 0 Å². The van der Waals surface area contributed by atoms with Crippen LogP contribution in [0.4, 0.5) is 5.69 Å². The van der Waals surface area contributed by atoms with Gasteiger partial charge in [-0.15, -0.1) is 0 Å². The van der Waals surface area contributed by atoms with Gasteiger partial charge in [-0.25, -0.2) is 0 Å². The quantitative estimate of drug-likeness (QED) is 0.609.